The highest BCUT2D eigenvalue weighted by molar-refractivity contribution is 7.25. The summed E-state index contributed by atoms with van der Waals surface area (Å²) in [6.45, 7) is 0. The van der Waals surface area contributed by atoms with Crippen LogP contribution in [0.2, 0.25) is 0 Å². The lowest BCUT2D eigenvalue weighted by Gasteiger charge is -2.25. The fraction of sp³-hybridized carbons (Fsp3) is 0. The van der Waals surface area contributed by atoms with Gasteiger partial charge in [0.05, 0.1) is 0 Å². The van der Waals surface area contributed by atoms with Gasteiger partial charge in [-0.3, -0.25) is 4.98 Å². The molecule has 0 saturated carbocycles. The molecule has 206 valence electrons. The van der Waals surface area contributed by atoms with Crippen LogP contribution in [-0.4, -0.2) is 4.98 Å². The molecular formula is C39H22N2O2S. The molecule has 6 aromatic carbocycles. The van der Waals surface area contributed by atoms with E-state index in [1.54, 1.807) is 0 Å². The highest BCUT2D eigenvalue weighted by Crippen LogP contribution is 2.44. The number of pyridine rings is 1. The largest absolute Gasteiger partial charge is 0.456 e. The van der Waals surface area contributed by atoms with E-state index in [9.17, 15) is 0 Å². The van der Waals surface area contributed by atoms with Crippen LogP contribution >= 0.6 is 11.3 Å². The third-order valence-corrected chi connectivity index (χ3v) is 9.87. The second kappa shape index (κ2) is 8.93. The first-order valence-corrected chi connectivity index (χ1v) is 15.4. The van der Waals surface area contributed by atoms with Gasteiger partial charge in [0.15, 0.2) is 0 Å². The molecule has 0 amide bonds. The number of aromatic nitrogens is 1. The van der Waals surface area contributed by atoms with Crippen LogP contribution in [0.3, 0.4) is 0 Å². The van der Waals surface area contributed by atoms with E-state index in [2.05, 4.69) is 113 Å². The Balaban J connectivity index is 1.21. The topological polar surface area (TPSA) is 42.4 Å². The molecule has 10 aromatic rings. The summed E-state index contributed by atoms with van der Waals surface area (Å²) in [4.78, 5) is 6.61. The zero-order valence-corrected chi connectivity index (χ0v) is 24.1. The standard InChI is InChI=1S/C39H22N2O2S/c1-3-7-33-28(5-1)29-13-10-24(19-35(29)42-33)41(26-11-14-31-30-6-2-4-8-37(30)44-38(31)21-26)25-12-15-32-36(20-25)43-34-16-9-23-22-40-18-17-27(23)39(32)34/h1-22H. The Hall–Kier alpha value is -5.65. The zero-order chi connectivity index (χ0) is 28.8. The number of para-hydroxylation sites is 1. The Labute approximate surface area is 255 Å². The highest BCUT2D eigenvalue weighted by atomic mass is 32.1. The molecule has 10 rings (SSSR count). The van der Waals surface area contributed by atoms with Gasteiger partial charge in [0, 0.05) is 88.7 Å². The van der Waals surface area contributed by atoms with Crippen molar-refractivity contribution >= 4 is 103 Å². The second-order valence-corrected chi connectivity index (χ2v) is 12.3. The van der Waals surface area contributed by atoms with E-state index < -0.39 is 0 Å². The predicted molar refractivity (Wildman–Crippen MR) is 184 cm³/mol. The molecule has 0 unspecified atom stereocenters. The third-order valence-electron chi connectivity index (χ3n) is 8.74. The lowest BCUT2D eigenvalue weighted by molar-refractivity contribution is 0.669. The molecule has 44 heavy (non-hydrogen) atoms. The monoisotopic (exact) mass is 582 g/mol. The Morgan fingerprint density at radius 1 is 0.477 bits per heavy atom. The van der Waals surface area contributed by atoms with Crippen LogP contribution in [0.25, 0.3) is 74.8 Å². The van der Waals surface area contributed by atoms with E-state index in [4.69, 9.17) is 8.83 Å². The number of rotatable bonds is 3. The summed E-state index contributed by atoms with van der Waals surface area (Å²) in [7, 11) is 0. The van der Waals surface area contributed by atoms with Crippen molar-refractivity contribution in [1.29, 1.82) is 0 Å². The van der Waals surface area contributed by atoms with Crippen molar-refractivity contribution < 1.29 is 8.83 Å². The van der Waals surface area contributed by atoms with Crippen molar-refractivity contribution in [3.05, 3.63) is 134 Å². The molecule has 0 aliphatic carbocycles. The Kier molecular flexibility index (Phi) is 4.84. The average molecular weight is 583 g/mol. The first-order chi connectivity index (χ1) is 21.8. The summed E-state index contributed by atoms with van der Waals surface area (Å²) in [5.41, 5.74) is 6.58. The Morgan fingerprint density at radius 2 is 1.14 bits per heavy atom. The maximum atomic E-state index is 6.48. The van der Waals surface area contributed by atoms with Gasteiger partial charge in [-0.05, 0) is 72.1 Å². The molecule has 4 nitrogen and oxygen atoms in total. The van der Waals surface area contributed by atoms with Gasteiger partial charge in [-0.2, -0.15) is 0 Å². The molecule has 4 heterocycles. The van der Waals surface area contributed by atoms with Crippen LogP contribution in [0.4, 0.5) is 17.1 Å². The van der Waals surface area contributed by atoms with Gasteiger partial charge in [0.25, 0.3) is 0 Å². The highest BCUT2D eigenvalue weighted by Gasteiger charge is 2.19. The molecule has 0 radical (unpaired) electrons. The van der Waals surface area contributed by atoms with Crippen molar-refractivity contribution in [3.63, 3.8) is 0 Å². The van der Waals surface area contributed by atoms with Crippen LogP contribution in [0.1, 0.15) is 0 Å². The average Bonchev–Trinajstić information content (AvgIpc) is 3.75. The van der Waals surface area contributed by atoms with Gasteiger partial charge in [-0.1, -0.05) is 42.5 Å². The van der Waals surface area contributed by atoms with Crippen LogP contribution in [-0.2, 0) is 0 Å². The fourth-order valence-corrected chi connectivity index (χ4v) is 7.86. The van der Waals surface area contributed by atoms with E-state index in [1.807, 2.05) is 41.9 Å². The van der Waals surface area contributed by atoms with Crippen LogP contribution in [0.15, 0.2) is 143 Å². The molecule has 4 aromatic heterocycles. The van der Waals surface area contributed by atoms with E-state index >= 15 is 0 Å². The summed E-state index contributed by atoms with van der Waals surface area (Å²) in [6, 6.07) is 42.8. The van der Waals surface area contributed by atoms with Gasteiger partial charge < -0.3 is 13.7 Å². The minimum atomic E-state index is 0.847. The molecule has 0 aliphatic heterocycles. The van der Waals surface area contributed by atoms with Crippen LogP contribution < -0.4 is 4.90 Å². The number of anilines is 3. The molecule has 0 atom stereocenters. The first kappa shape index (κ1) is 23.9. The summed E-state index contributed by atoms with van der Waals surface area (Å²) >= 11 is 1.83. The van der Waals surface area contributed by atoms with Gasteiger partial charge in [0.2, 0.25) is 0 Å². The van der Waals surface area contributed by atoms with E-state index in [0.717, 1.165) is 71.7 Å². The quantitative estimate of drug-likeness (QED) is 0.208. The molecule has 0 saturated heterocycles. The first-order valence-electron chi connectivity index (χ1n) is 14.6. The third kappa shape index (κ3) is 3.41. The smallest absolute Gasteiger partial charge is 0.137 e. The van der Waals surface area contributed by atoms with Crippen molar-refractivity contribution in [3.8, 4) is 0 Å². The molecule has 5 heteroatoms. The molecule has 0 spiro atoms. The van der Waals surface area contributed by atoms with Crippen molar-refractivity contribution in [2.45, 2.75) is 0 Å². The number of benzene rings is 6. The lowest BCUT2D eigenvalue weighted by Crippen LogP contribution is -2.09. The van der Waals surface area contributed by atoms with Gasteiger partial charge in [-0.15, -0.1) is 11.3 Å². The van der Waals surface area contributed by atoms with Crippen molar-refractivity contribution in [2.75, 3.05) is 4.90 Å². The molecule has 0 aliphatic rings. The zero-order valence-electron chi connectivity index (χ0n) is 23.3. The lowest BCUT2D eigenvalue weighted by atomic mass is 10.0. The van der Waals surface area contributed by atoms with Crippen molar-refractivity contribution in [2.24, 2.45) is 0 Å². The number of hydrogen-bond acceptors (Lipinski definition) is 5. The maximum Gasteiger partial charge on any atom is 0.137 e. The van der Waals surface area contributed by atoms with E-state index in [0.29, 0.717) is 0 Å². The minimum Gasteiger partial charge on any atom is -0.456 e. The number of thiophene rings is 1. The summed E-state index contributed by atoms with van der Waals surface area (Å²) in [5, 5.41) is 9.26. The Bertz CT molecular complexity index is 2640. The molecule has 0 N–H and O–H groups in total. The minimum absolute atomic E-state index is 0.847. The Morgan fingerprint density at radius 3 is 2.02 bits per heavy atom. The second-order valence-electron chi connectivity index (χ2n) is 11.2. The summed E-state index contributed by atoms with van der Waals surface area (Å²) < 4.78 is 15.4. The number of nitrogens with zero attached hydrogens (tertiary/aromatic N) is 2. The molecule has 0 bridgehead atoms. The maximum absolute atomic E-state index is 6.48. The number of furan rings is 2. The summed E-state index contributed by atoms with van der Waals surface area (Å²) in [5.74, 6) is 0. The van der Waals surface area contributed by atoms with Crippen LogP contribution in [0, 0.1) is 0 Å². The SMILES string of the molecule is c1ccc2c(c1)oc1cc(N(c3ccc4c(c3)oc3ccc5cnccc5c34)c3ccc4c(c3)sc3ccccc34)ccc12. The van der Waals surface area contributed by atoms with E-state index in [-0.39, 0.29) is 0 Å². The fourth-order valence-electron chi connectivity index (χ4n) is 6.73. The van der Waals surface area contributed by atoms with Crippen molar-refractivity contribution in [1.82, 2.24) is 4.98 Å². The van der Waals surface area contributed by atoms with Crippen LogP contribution in [0.5, 0.6) is 0 Å². The normalized spacial score (nSPS) is 12.1. The van der Waals surface area contributed by atoms with Gasteiger partial charge in [-0.25, -0.2) is 0 Å². The van der Waals surface area contributed by atoms with Gasteiger partial charge >= 0.3 is 0 Å². The van der Waals surface area contributed by atoms with Gasteiger partial charge in [0.1, 0.15) is 22.3 Å². The molecule has 0 fully saturated rings. The summed E-state index contributed by atoms with van der Waals surface area (Å²) in [6.07, 6.45) is 3.75. The van der Waals surface area contributed by atoms with E-state index in [1.165, 1.54) is 20.2 Å². The predicted octanol–water partition coefficient (Wildman–Crippen LogP) is 11.9. The molecular weight excluding hydrogens is 561 g/mol. The number of fused-ring (bicyclic) bond motifs is 11. The number of hydrogen-bond donors (Lipinski definition) is 0.